The number of aryl methyl sites for hydroxylation is 1. The third kappa shape index (κ3) is 2.47. The first kappa shape index (κ1) is 11.0. The zero-order valence-corrected chi connectivity index (χ0v) is 9.47. The Morgan fingerprint density at radius 1 is 1.57 bits per heavy atom. The molecule has 0 bridgehead atoms. The van der Waals surface area contributed by atoms with Crippen molar-refractivity contribution in [3.05, 3.63) is 27.7 Å². The predicted octanol–water partition coefficient (Wildman–Crippen LogP) is 2.12. The van der Waals surface area contributed by atoms with Gasteiger partial charge in [-0.3, -0.25) is 0 Å². The summed E-state index contributed by atoms with van der Waals surface area (Å²) in [5.74, 6) is 0.720. The van der Waals surface area contributed by atoms with Crippen molar-refractivity contribution in [3.8, 4) is 11.8 Å². The summed E-state index contributed by atoms with van der Waals surface area (Å²) in [6.07, 6.45) is 0. The first-order valence-corrected chi connectivity index (χ1v) is 4.97. The molecular formula is C10H11BrN2O. The van der Waals surface area contributed by atoms with Gasteiger partial charge in [0, 0.05) is 16.6 Å². The van der Waals surface area contributed by atoms with E-state index in [4.69, 9.17) is 15.7 Å². The van der Waals surface area contributed by atoms with E-state index in [9.17, 15) is 0 Å². The van der Waals surface area contributed by atoms with Crippen molar-refractivity contribution in [1.82, 2.24) is 0 Å². The van der Waals surface area contributed by atoms with Gasteiger partial charge < -0.3 is 10.5 Å². The van der Waals surface area contributed by atoms with Crippen LogP contribution in [-0.4, -0.2) is 6.61 Å². The van der Waals surface area contributed by atoms with Crippen LogP contribution in [0.25, 0.3) is 0 Å². The molecule has 4 heteroatoms. The van der Waals surface area contributed by atoms with Crippen molar-refractivity contribution in [2.45, 2.75) is 13.5 Å². The molecule has 0 saturated heterocycles. The summed E-state index contributed by atoms with van der Waals surface area (Å²) in [6, 6.07) is 5.77. The number of benzene rings is 1. The molecule has 0 atom stereocenters. The van der Waals surface area contributed by atoms with E-state index in [0.717, 1.165) is 21.3 Å². The van der Waals surface area contributed by atoms with Crippen LogP contribution in [0.5, 0.6) is 5.75 Å². The van der Waals surface area contributed by atoms with Crippen LogP contribution in [0.4, 0.5) is 0 Å². The normalized spacial score (nSPS) is 9.57. The number of nitrogens with two attached hydrogens (primary N) is 1. The van der Waals surface area contributed by atoms with E-state index in [1.54, 1.807) is 0 Å². The van der Waals surface area contributed by atoms with Crippen LogP contribution in [0.3, 0.4) is 0 Å². The lowest BCUT2D eigenvalue weighted by Gasteiger charge is -2.11. The minimum Gasteiger partial charge on any atom is -0.478 e. The van der Waals surface area contributed by atoms with E-state index < -0.39 is 0 Å². The van der Waals surface area contributed by atoms with Gasteiger partial charge in [-0.05, 0) is 24.6 Å². The van der Waals surface area contributed by atoms with Crippen molar-refractivity contribution in [1.29, 1.82) is 5.26 Å². The molecule has 0 unspecified atom stereocenters. The van der Waals surface area contributed by atoms with Crippen LogP contribution in [0, 0.1) is 18.3 Å². The van der Waals surface area contributed by atoms with E-state index in [1.165, 1.54) is 0 Å². The fourth-order valence-corrected chi connectivity index (χ4v) is 1.88. The van der Waals surface area contributed by atoms with Crippen LogP contribution in [0.2, 0.25) is 0 Å². The highest BCUT2D eigenvalue weighted by Crippen LogP contribution is 2.27. The van der Waals surface area contributed by atoms with Crippen molar-refractivity contribution < 1.29 is 4.74 Å². The molecule has 3 nitrogen and oxygen atoms in total. The minimum atomic E-state index is 0.0511. The molecule has 0 aliphatic carbocycles. The van der Waals surface area contributed by atoms with Gasteiger partial charge in [-0.15, -0.1) is 0 Å². The lowest BCUT2D eigenvalue weighted by molar-refractivity contribution is 0.361. The number of nitrogens with zero attached hydrogens (tertiary/aromatic N) is 1. The molecule has 74 valence electrons. The molecule has 0 aromatic heterocycles. The fourth-order valence-electron chi connectivity index (χ4n) is 1.26. The SMILES string of the molecule is Cc1cc(Br)cc(CN)c1OCC#N. The third-order valence-corrected chi connectivity index (χ3v) is 2.28. The van der Waals surface area contributed by atoms with E-state index in [2.05, 4.69) is 15.9 Å². The van der Waals surface area contributed by atoms with Gasteiger partial charge in [0.2, 0.25) is 0 Å². The zero-order valence-electron chi connectivity index (χ0n) is 7.88. The maximum Gasteiger partial charge on any atom is 0.174 e. The summed E-state index contributed by atoms with van der Waals surface area (Å²) in [5.41, 5.74) is 7.47. The Bertz CT molecular complexity index is 371. The second kappa shape index (κ2) is 4.99. The molecular weight excluding hydrogens is 244 g/mol. The first-order chi connectivity index (χ1) is 6.69. The summed E-state index contributed by atoms with van der Waals surface area (Å²) in [7, 11) is 0. The van der Waals surface area contributed by atoms with Gasteiger partial charge in [0.25, 0.3) is 0 Å². The number of hydrogen-bond donors (Lipinski definition) is 1. The Morgan fingerprint density at radius 2 is 2.29 bits per heavy atom. The van der Waals surface area contributed by atoms with E-state index in [-0.39, 0.29) is 6.61 Å². The topological polar surface area (TPSA) is 59.0 Å². The van der Waals surface area contributed by atoms with Crippen LogP contribution in [-0.2, 0) is 6.54 Å². The van der Waals surface area contributed by atoms with Crippen LogP contribution in [0.15, 0.2) is 16.6 Å². The van der Waals surface area contributed by atoms with Crippen LogP contribution >= 0.6 is 15.9 Å². The van der Waals surface area contributed by atoms with Gasteiger partial charge >= 0.3 is 0 Å². The smallest absolute Gasteiger partial charge is 0.174 e. The highest BCUT2D eigenvalue weighted by atomic mass is 79.9. The van der Waals surface area contributed by atoms with Gasteiger partial charge in [-0.1, -0.05) is 15.9 Å². The fraction of sp³-hybridized carbons (Fsp3) is 0.300. The largest absolute Gasteiger partial charge is 0.478 e. The Balaban J connectivity index is 3.06. The highest BCUT2D eigenvalue weighted by molar-refractivity contribution is 9.10. The Hall–Kier alpha value is -1.05. The molecule has 2 N–H and O–H groups in total. The maximum absolute atomic E-state index is 8.42. The molecule has 0 saturated carbocycles. The van der Waals surface area contributed by atoms with Crippen molar-refractivity contribution in [2.24, 2.45) is 5.73 Å². The second-order valence-corrected chi connectivity index (χ2v) is 3.78. The summed E-state index contributed by atoms with van der Waals surface area (Å²) in [4.78, 5) is 0. The van der Waals surface area contributed by atoms with Gasteiger partial charge in [0.1, 0.15) is 11.8 Å². The molecule has 0 aliphatic rings. The third-order valence-electron chi connectivity index (χ3n) is 1.82. The number of nitriles is 1. The first-order valence-electron chi connectivity index (χ1n) is 4.18. The monoisotopic (exact) mass is 254 g/mol. The van der Waals surface area contributed by atoms with Gasteiger partial charge in [-0.25, -0.2) is 0 Å². The molecule has 1 aromatic carbocycles. The van der Waals surface area contributed by atoms with Crippen molar-refractivity contribution in [3.63, 3.8) is 0 Å². The van der Waals surface area contributed by atoms with Crippen LogP contribution in [0.1, 0.15) is 11.1 Å². The minimum absolute atomic E-state index is 0.0511. The van der Waals surface area contributed by atoms with E-state index >= 15 is 0 Å². The second-order valence-electron chi connectivity index (χ2n) is 2.86. The molecule has 0 heterocycles. The van der Waals surface area contributed by atoms with E-state index in [0.29, 0.717) is 6.54 Å². The summed E-state index contributed by atoms with van der Waals surface area (Å²) >= 11 is 3.38. The van der Waals surface area contributed by atoms with Gasteiger partial charge in [-0.2, -0.15) is 5.26 Å². The maximum atomic E-state index is 8.42. The molecule has 1 aromatic rings. The summed E-state index contributed by atoms with van der Waals surface area (Å²) < 4.78 is 6.27. The Labute approximate surface area is 91.6 Å². The summed E-state index contributed by atoms with van der Waals surface area (Å²) in [6.45, 7) is 2.38. The molecule has 0 spiro atoms. The average molecular weight is 255 g/mol. The average Bonchev–Trinajstić information content (AvgIpc) is 2.15. The Morgan fingerprint density at radius 3 is 2.86 bits per heavy atom. The highest BCUT2D eigenvalue weighted by Gasteiger charge is 2.07. The number of rotatable bonds is 3. The predicted molar refractivity (Wildman–Crippen MR) is 57.9 cm³/mol. The molecule has 0 aliphatic heterocycles. The van der Waals surface area contributed by atoms with Crippen molar-refractivity contribution >= 4 is 15.9 Å². The molecule has 0 amide bonds. The zero-order chi connectivity index (χ0) is 10.6. The molecule has 0 fully saturated rings. The summed E-state index contributed by atoms with van der Waals surface area (Å²) in [5, 5.41) is 8.42. The van der Waals surface area contributed by atoms with Crippen LogP contribution < -0.4 is 10.5 Å². The van der Waals surface area contributed by atoms with Gasteiger partial charge in [0.15, 0.2) is 6.61 Å². The lowest BCUT2D eigenvalue weighted by atomic mass is 10.1. The number of hydrogen-bond acceptors (Lipinski definition) is 3. The molecule has 0 radical (unpaired) electrons. The van der Waals surface area contributed by atoms with E-state index in [1.807, 2.05) is 25.1 Å². The quantitative estimate of drug-likeness (QED) is 0.899. The molecule has 14 heavy (non-hydrogen) atoms. The van der Waals surface area contributed by atoms with Crippen molar-refractivity contribution in [2.75, 3.05) is 6.61 Å². The van der Waals surface area contributed by atoms with Gasteiger partial charge in [0.05, 0.1) is 0 Å². The standard InChI is InChI=1S/C10H11BrN2O/c1-7-4-9(11)5-8(6-13)10(7)14-3-2-12/h4-5H,3,6,13H2,1H3. The lowest BCUT2D eigenvalue weighted by Crippen LogP contribution is -2.04. The Kier molecular flexibility index (Phi) is 3.93. The number of halogens is 1. The number of ether oxygens (including phenoxy) is 1. The molecule has 1 rings (SSSR count).